The highest BCUT2D eigenvalue weighted by atomic mass is 16.2. The third-order valence-electron chi connectivity index (χ3n) is 5.97. The molecule has 0 saturated carbocycles. The molecule has 2 fully saturated rings. The molecule has 2 saturated heterocycles. The van der Waals surface area contributed by atoms with Crippen LogP contribution in [-0.4, -0.2) is 52.2 Å². The number of likely N-dealkylation sites (tertiary alicyclic amines) is 1. The number of amides is 3. The topological polar surface area (TPSA) is 120 Å². The van der Waals surface area contributed by atoms with E-state index in [0.29, 0.717) is 37.9 Å². The average Bonchev–Trinajstić information content (AvgIpc) is 3.00. The minimum Gasteiger partial charge on any atom is -0.322 e. The van der Waals surface area contributed by atoms with Gasteiger partial charge in [-0.05, 0) is 36.5 Å². The van der Waals surface area contributed by atoms with Crippen molar-refractivity contribution in [2.24, 2.45) is 5.73 Å². The Labute approximate surface area is 163 Å². The number of fused-ring (bicyclic) bond motifs is 1. The maximum absolute atomic E-state index is 12.9. The van der Waals surface area contributed by atoms with Gasteiger partial charge >= 0.3 is 0 Å². The highest BCUT2D eigenvalue weighted by molar-refractivity contribution is 6.05. The second kappa shape index (κ2) is 7.00. The fraction of sp³-hybridized carbons (Fsp3) is 0.500. The molecule has 0 spiro atoms. The Kier molecular flexibility index (Phi) is 4.65. The lowest BCUT2D eigenvalue weighted by Gasteiger charge is -2.34. The summed E-state index contributed by atoms with van der Waals surface area (Å²) in [7, 11) is 0. The van der Waals surface area contributed by atoms with Crippen LogP contribution in [0.2, 0.25) is 0 Å². The normalized spacial score (nSPS) is 24.6. The van der Waals surface area contributed by atoms with Crippen molar-refractivity contribution in [1.82, 2.24) is 15.1 Å². The summed E-state index contributed by atoms with van der Waals surface area (Å²) in [5.74, 6) is -0.837. The van der Waals surface area contributed by atoms with Crippen molar-refractivity contribution in [3.63, 3.8) is 0 Å². The number of carbonyl (C=O) groups is 3. The number of rotatable bonds is 3. The molecule has 8 nitrogen and oxygen atoms in total. The lowest BCUT2D eigenvalue weighted by Crippen LogP contribution is -2.52. The first kappa shape index (κ1) is 18.6. The number of imide groups is 1. The summed E-state index contributed by atoms with van der Waals surface area (Å²) in [4.78, 5) is 40.2. The number of nitrogens with two attached hydrogens (primary N) is 1. The van der Waals surface area contributed by atoms with Gasteiger partial charge in [-0.15, -0.1) is 0 Å². The summed E-state index contributed by atoms with van der Waals surface area (Å²) >= 11 is 0. The van der Waals surface area contributed by atoms with Crippen LogP contribution < -0.4 is 11.1 Å². The zero-order valence-corrected chi connectivity index (χ0v) is 15.6. The van der Waals surface area contributed by atoms with Crippen LogP contribution in [0, 0.1) is 11.3 Å². The molecule has 3 N–H and O–H groups in total. The molecule has 3 aliphatic heterocycles. The number of benzene rings is 1. The van der Waals surface area contributed by atoms with Crippen molar-refractivity contribution in [2.45, 2.75) is 50.4 Å². The summed E-state index contributed by atoms with van der Waals surface area (Å²) < 4.78 is 0. The van der Waals surface area contributed by atoms with Crippen molar-refractivity contribution in [3.05, 3.63) is 34.9 Å². The minimum atomic E-state index is -0.729. The van der Waals surface area contributed by atoms with Crippen molar-refractivity contribution in [3.8, 4) is 6.07 Å². The minimum absolute atomic E-state index is 0.157. The van der Waals surface area contributed by atoms with E-state index in [0.717, 1.165) is 24.2 Å². The van der Waals surface area contributed by atoms with E-state index >= 15 is 0 Å². The molecule has 1 unspecified atom stereocenters. The Hall–Kier alpha value is -2.76. The van der Waals surface area contributed by atoms with Gasteiger partial charge in [0.2, 0.25) is 11.8 Å². The summed E-state index contributed by atoms with van der Waals surface area (Å²) in [5.41, 5.74) is 7.85. The van der Waals surface area contributed by atoms with Crippen molar-refractivity contribution >= 4 is 17.7 Å². The molecule has 0 aromatic heterocycles. The second-order valence-electron chi connectivity index (χ2n) is 7.94. The van der Waals surface area contributed by atoms with Gasteiger partial charge < -0.3 is 10.6 Å². The number of nitrogens with zero attached hydrogens (tertiary/aromatic N) is 3. The lowest BCUT2D eigenvalue weighted by atomic mass is 9.90. The molecule has 4 rings (SSSR count). The molecular weight excluding hydrogens is 358 g/mol. The van der Waals surface area contributed by atoms with E-state index in [9.17, 15) is 14.4 Å². The number of hydrogen-bond acceptors (Lipinski definition) is 6. The molecule has 8 heteroatoms. The monoisotopic (exact) mass is 381 g/mol. The molecule has 1 aromatic carbocycles. The third-order valence-corrected chi connectivity index (χ3v) is 5.97. The molecule has 0 aliphatic carbocycles. The fourth-order valence-corrected chi connectivity index (χ4v) is 4.18. The predicted molar refractivity (Wildman–Crippen MR) is 99.5 cm³/mol. The third kappa shape index (κ3) is 3.39. The van der Waals surface area contributed by atoms with Crippen molar-refractivity contribution in [2.75, 3.05) is 13.1 Å². The van der Waals surface area contributed by atoms with E-state index < -0.39 is 17.5 Å². The quantitative estimate of drug-likeness (QED) is 0.725. The first-order chi connectivity index (χ1) is 13.4. The molecular formula is C20H23N5O3. The number of carbonyl (C=O) groups excluding carboxylic acids is 3. The van der Waals surface area contributed by atoms with Gasteiger partial charge in [0.15, 0.2) is 0 Å². The maximum Gasteiger partial charge on any atom is 0.255 e. The van der Waals surface area contributed by atoms with E-state index in [1.54, 1.807) is 4.90 Å². The summed E-state index contributed by atoms with van der Waals surface area (Å²) in [6.45, 7) is 2.58. The number of piperidine rings is 2. The van der Waals surface area contributed by atoms with Gasteiger partial charge in [0.05, 0.1) is 6.07 Å². The van der Waals surface area contributed by atoms with Crippen molar-refractivity contribution in [1.29, 1.82) is 5.26 Å². The molecule has 28 heavy (non-hydrogen) atoms. The SMILES string of the molecule is N#CC1(N)CCN(Cc2ccc3c(c2)C(=O)N(C2CCC(=O)NC2=O)C3)CC1. The van der Waals surface area contributed by atoms with E-state index in [1.165, 1.54) is 0 Å². The van der Waals surface area contributed by atoms with Crippen LogP contribution in [-0.2, 0) is 22.7 Å². The van der Waals surface area contributed by atoms with E-state index in [1.807, 2.05) is 18.2 Å². The smallest absolute Gasteiger partial charge is 0.255 e. The highest BCUT2D eigenvalue weighted by Crippen LogP contribution is 2.29. The van der Waals surface area contributed by atoms with Gasteiger partial charge in [-0.1, -0.05) is 12.1 Å². The molecule has 146 valence electrons. The molecule has 3 aliphatic rings. The standard InChI is InChI=1S/C20H23N5O3/c21-12-20(22)5-7-24(8-6-20)10-13-1-2-14-11-25(19(28)15(14)9-13)16-3-4-17(26)23-18(16)27/h1-2,9,16H,3-8,10-11,22H2,(H,23,26,27). The van der Waals surface area contributed by atoms with Crippen LogP contribution in [0.15, 0.2) is 18.2 Å². The Morgan fingerprint density at radius 1 is 1.25 bits per heavy atom. The Morgan fingerprint density at radius 3 is 2.68 bits per heavy atom. The first-order valence-corrected chi connectivity index (χ1v) is 9.57. The van der Waals surface area contributed by atoms with E-state index in [4.69, 9.17) is 11.0 Å². The van der Waals surface area contributed by atoms with Gasteiger partial charge in [-0.25, -0.2) is 0 Å². The van der Waals surface area contributed by atoms with Crippen LogP contribution in [0.4, 0.5) is 0 Å². The second-order valence-corrected chi connectivity index (χ2v) is 7.94. The Bertz CT molecular complexity index is 882. The van der Waals surface area contributed by atoms with Crippen LogP contribution in [0.3, 0.4) is 0 Å². The predicted octanol–water partition coefficient (Wildman–Crippen LogP) is 0.264. The zero-order valence-electron chi connectivity index (χ0n) is 15.6. The molecule has 0 bridgehead atoms. The molecule has 1 atom stereocenters. The van der Waals surface area contributed by atoms with Gasteiger partial charge in [0.1, 0.15) is 11.6 Å². The molecule has 1 aromatic rings. The zero-order chi connectivity index (χ0) is 19.9. The fourth-order valence-electron chi connectivity index (χ4n) is 4.18. The highest BCUT2D eigenvalue weighted by Gasteiger charge is 2.39. The number of nitriles is 1. The molecule has 3 amide bonds. The van der Waals surface area contributed by atoms with Crippen LogP contribution in [0.25, 0.3) is 0 Å². The maximum atomic E-state index is 12.9. The Balaban J connectivity index is 1.44. The average molecular weight is 381 g/mol. The molecule has 3 heterocycles. The first-order valence-electron chi connectivity index (χ1n) is 9.57. The summed E-state index contributed by atoms with van der Waals surface area (Å²) in [6, 6.07) is 7.46. The van der Waals surface area contributed by atoms with Crippen molar-refractivity contribution < 1.29 is 14.4 Å². The number of hydrogen-bond donors (Lipinski definition) is 2. The van der Waals surface area contributed by atoms with Gasteiger partial charge in [-0.3, -0.25) is 24.6 Å². The van der Waals surface area contributed by atoms with Crippen LogP contribution >= 0.6 is 0 Å². The van der Waals surface area contributed by atoms with E-state index in [2.05, 4.69) is 16.3 Å². The van der Waals surface area contributed by atoms with Gasteiger partial charge in [0.25, 0.3) is 5.91 Å². The largest absolute Gasteiger partial charge is 0.322 e. The Morgan fingerprint density at radius 2 is 2.00 bits per heavy atom. The van der Waals surface area contributed by atoms with Gasteiger partial charge in [0, 0.05) is 38.2 Å². The molecule has 0 radical (unpaired) electrons. The van der Waals surface area contributed by atoms with Crippen LogP contribution in [0.1, 0.15) is 47.2 Å². The van der Waals surface area contributed by atoms with Crippen LogP contribution in [0.5, 0.6) is 0 Å². The van der Waals surface area contributed by atoms with Gasteiger partial charge in [-0.2, -0.15) is 5.26 Å². The summed E-state index contributed by atoms with van der Waals surface area (Å²) in [5, 5.41) is 11.5. The summed E-state index contributed by atoms with van der Waals surface area (Å²) in [6.07, 6.45) is 1.89. The van der Waals surface area contributed by atoms with E-state index in [-0.39, 0.29) is 18.2 Å². The lowest BCUT2D eigenvalue weighted by molar-refractivity contribution is -0.136. The number of nitrogens with one attached hydrogen (secondary N) is 1.